The highest BCUT2D eigenvalue weighted by atomic mass is 79.9. The first-order valence-corrected chi connectivity index (χ1v) is 12.5. The molecule has 0 aromatic heterocycles. The Morgan fingerprint density at radius 2 is 1.19 bits per heavy atom. The van der Waals surface area contributed by atoms with E-state index < -0.39 is 35.1 Å². The van der Waals surface area contributed by atoms with Gasteiger partial charge in [-0.1, -0.05) is 107 Å². The molecule has 1 aliphatic rings. The van der Waals surface area contributed by atoms with E-state index in [2.05, 4.69) is 15.9 Å². The van der Waals surface area contributed by atoms with E-state index in [9.17, 15) is 9.90 Å². The monoisotopic (exact) mass is 556 g/mol. The van der Waals surface area contributed by atoms with Gasteiger partial charge in [-0.15, -0.1) is 0 Å². The second-order valence-corrected chi connectivity index (χ2v) is 9.38. The zero-order chi connectivity index (χ0) is 25.4. The summed E-state index contributed by atoms with van der Waals surface area (Å²) in [4.78, 5) is 11.6. The van der Waals surface area contributed by atoms with Crippen LogP contribution in [0.5, 0.6) is 0 Å². The summed E-state index contributed by atoms with van der Waals surface area (Å²) in [6.45, 7) is 0.648. The molecular formula is C28H29BrO7. The second kappa shape index (κ2) is 12.6. The third kappa shape index (κ3) is 6.39. The number of esters is 1. The van der Waals surface area contributed by atoms with Crippen LogP contribution in [0.15, 0.2) is 91.0 Å². The maximum atomic E-state index is 12.6. The lowest BCUT2D eigenvalue weighted by atomic mass is 9.98. The Balaban J connectivity index is 1.62. The number of carbonyl (C=O) groups is 1. The van der Waals surface area contributed by atoms with Crippen LogP contribution in [0.25, 0.3) is 0 Å². The number of hydrogen-bond acceptors (Lipinski definition) is 7. The van der Waals surface area contributed by atoms with Gasteiger partial charge in [0.15, 0.2) is 6.29 Å². The van der Waals surface area contributed by atoms with E-state index in [1.165, 1.54) is 7.11 Å². The molecule has 190 valence electrons. The minimum Gasteiger partial charge on any atom is -0.465 e. The molecule has 36 heavy (non-hydrogen) atoms. The number of hydrogen-bond donors (Lipinski definition) is 1. The van der Waals surface area contributed by atoms with Crippen molar-refractivity contribution in [1.29, 1.82) is 0 Å². The zero-order valence-electron chi connectivity index (χ0n) is 19.9. The molecule has 8 heteroatoms. The highest BCUT2D eigenvalue weighted by Crippen LogP contribution is 2.38. The van der Waals surface area contributed by atoms with E-state index in [0.717, 1.165) is 16.7 Å². The quantitative estimate of drug-likeness (QED) is 0.293. The number of methoxy groups -OCH3 is 1. The molecule has 0 aliphatic carbocycles. The first-order valence-electron chi connectivity index (χ1n) is 11.6. The lowest BCUT2D eigenvalue weighted by Crippen LogP contribution is -2.67. The molecule has 0 amide bonds. The number of rotatable bonds is 10. The molecule has 1 heterocycles. The van der Waals surface area contributed by atoms with Gasteiger partial charge in [-0.25, -0.2) is 4.79 Å². The van der Waals surface area contributed by atoms with Gasteiger partial charge in [0.1, 0.15) is 17.0 Å². The van der Waals surface area contributed by atoms with Gasteiger partial charge in [0, 0.05) is 0 Å². The molecule has 0 unspecified atom stereocenters. The molecule has 3 aromatic carbocycles. The second-order valence-electron chi connectivity index (χ2n) is 8.40. The number of aliphatic hydroxyl groups is 1. The van der Waals surface area contributed by atoms with Crippen LogP contribution in [-0.4, -0.2) is 47.3 Å². The Bertz CT molecular complexity index is 1080. The van der Waals surface area contributed by atoms with Crippen LogP contribution in [0.2, 0.25) is 0 Å². The van der Waals surface area contributed by atoms with E-state index in [-0.39, 0.29) is 19.8 Å². The van der Waals surface area contributed by atoms with Crippen molar-refractivity contribution in [1.82, 2.24) is 0 Å². The molecule has 3 aromatic rings. The average molecular weight is 557 g/mol. The van der Waals surface area contributed by atoms with Crippen molar-refractivity contribution >= 4 is 21.9 Å². The highest BCUT2D eigenvalue weighted by Gasteiger charge is 2.60. The molecule has 7 nitrogen and oxygen atoms in total. The molecule has 1 N–H and O–H groups in total. The smallest absolute Gasteiger partial charge is 0.367 e. The molecule has 1 saturated heterocycles. The van der Waals surface area contributed by atoms with Crippen LogP contribution in [-0.2, 0) is 48.3 Å². The number of benzene rings is 3. The van der Waals surface area contributed by atoms with E-state index >= 15 is 0 Å². The largest absolute Gasteiger partial charge is 0.465 e. The molecule has 1 fully saturated rings. The fraction of sp³-hybridized carbons (Fsp3) is 0.321. The predicted octanol–water partition coefficient (Wildman–Crippen LogP) is 4.36. The van der Waals surface area contributed by atoms with Crippen molar-refractivity contribution in [3.05, 3.63) is 108 Å². The van der Waals surface area contributed by atoms with Crippen molar-refractivity contribution in [3.63, 3.8) is 0 Å². The number of halogens is 1. The summed E-state index contributed by atoms with van der Waals surface area (Å²) in [5.74, 6) is -3.32. The molecule has 0 radical (unpaired) electrons. The molecule has 0 bridgehead atoms. The molecule has 4 rings (SSSR count). The van der Waals surface area contributed by atoms with Gasteiger partial charge in [-0.3, -0.25) is 0 Å². The topological polar surface area (TPSA) is 83.5 Å². The Morgan fingerprint density at radius 3 is 1.64 bits per heavy atom. The lowest BCUT2D eigenvalue weighted by Gasteiger charge is -2.46. The first-order chi connectivity index (χ1) is 17.5. The first kappa shape index (κ1) is 26.5. The Kier molecular flexibility index (Phi) is 9.25. The summed E-state index contributed by atoms with van der Waals surface area (Å²) >= 11 is 3.45. The maximum absolute atomic E-state index is 12.6. The molecule has 0 spiro atoms. The van der Waals surface area contributed by atoms with Gasteiger partial charge >= 0.3 is 5.97 Å². The summed E-state index contributed by atoms with van der Waals surface area (Å²) in [6.07, 6.45) is -2.74. The summed E-state index contributed by atoms with van der Waals surface area (Å²) in [5.41, 5.74) is 2.77. The van der Waals surface area contributed by atoms with Gasteiger partial charge in [0.25, 0.3) is 5.79 Å². The Labute approximate surface area is 219 Å². The third-order valence-corrected chi connectivity index (χ3v) is 7.00. The maximum Gasteiger partial charge on any atom is 0.367 e. The van der Waals surface area contributed by atoms with Gasteiger partial charge in [0.2, 0.25) is 0 Å². The molecule has 0 saturated carbocycles. The fourth-order valence-electron chi connectivity index (χ4n) is 3.93. The molecule has 5 atom stereocenters. The van der Waals surface area contributed by atoms with Crippen molar-refractivity contribution < 1.29 is 33.6 Å². The van der Waals surface area contributed by atoms with Crippen LogP contribution >= 0.6 is 15.9 Å². The number of alkyl halides is 1. The molecule has 1 aliphatic heterocycles. The van der Waals surface area contributed by atoms with Gasteiger partial charge in [-0.2, -0.15) is 0 Å². The van der Waals surface area contributed by atoms with Gasteiger partial charge in [0.05, 0.1) is 26.9 Å². The van der Waals surface area contributed by atoms with Gasteiger partial charge in [-0.05, 0) is 16.7 Å². The molecular weight excluding hydrogens is 528 g/mol. The summed E-state index contributed by atoms with van der Waals surface area (Å²) in [5, 5.41) is 11.3. The predicted molar refractivity (Wildman–Crippen MR) is 136 cm³/mol. The number of ether oxygens (including phenoxy) is 5. The summed E-state index contributed by atoms with van der Waals surface area (Å²) < 4.78 is 29.3. The van der Waals surface area contributed by atoms with E-state index in [4.69, 9.17) is 23.7 Å². The van der Waals surface area contributed by atoms with Crippen molar-refractivity contribution in [2.24, 2.45) is 0 Å². The zero-order valence-corrected chi connectivity index (χ0v) is 21.5. The van der Waals surface area contributed by atoms with Gasteiger partial charge < -0.3 is 28.8 Å². The van der Waals surface area contributed by atoms with E-state index in [1.807, 2.05) is 91.0 Å². The minimum absolute atomic E-state index is 0.173. The van der Waals surface area contributed by atoms with Crippen LogP contribution < -0.4 is 0 Å². The Morgan fingerprint density at radius 1 is 0.778 bits per heavy atom. The third-order valence-electron chi connectivity index (χ3n) is 5.86. The Hall–Kier alpha value is -2.59. The summed E-state index contributed by atoms with van der Waals surface area (Å²) in [7, 11) is 1.18. The van der Waals surface area contributed by atoms with Crippen LogP contribution in [0.4, 0.5) is 0 Å². The standard InChI is InChI=1S/C28H29BrO7/c1-32-27(30)28(31)25(29)23(33-17-20-11-5-2-6-12-20)24(34-18-21-13-7-3-8-14-21)26(36-28)35-19-22-15-9-4-10-16-22/h2-16,23-26,31H,17-19H2,1H3/t23-,24-,25-,26-,28+/m1/s1. The number of carbonyl (C=O) groups excluding carboxylic acids is 1. The van der Waals surface area contributed by atoms with Crippen LogP contribution in [0.3, 0.4) is 0 Å². The SMILES string of the molecule is COC(=O)[C@@]1(O)O[C@@H](OCc2ccccc2)[C@H](OCc2ccccc2)[C@@H](OCc2ccccc2)[C@H]1Br. The van der Waals surface area contributed by atoms with E-state index in [1.54, 1.807) is 0 Å². The average Bonchev–Trinajstić information content (AvgIpc) is 2.93. The fourth-order valence-corrected chi connectivity index (χ4v) is 4.68. The lowest BCUT2D eigenvalue weighted by molar-refractivity contribution is -0.357. The van der Waals surface area contributed by atoms with Crippen molar-refractivity contribution in [2.75, 3.05) is 7.11 Å². The highest BCUT2D eigenvalue weighted by molar-refractivity contribution is 9.09. The normalized spacial score (nSPS) is 25.9. The van der Waals surface area contributed by atoms with Crippen LogP contribution in [0.1, 0.15) is 16.7 Å². The van der Waals surface area contributed by atoms with Crippen molar-refractivity contribution in [3.8, 4) is 0 Å². The van der Waals surface area contributed by atoms with Crippen LogP contribution in [0, 0.1) is 0 Å². The summed E-state index contributed by atoms with van der Waals surface area (Å²) in [6, 6.07) is 28.8. The van der Waals surface area contributed by atoms with E-state index in [0.29, 0.717) is 0 Å². The van der Waals surface area contributed by atoms with Crippen molar-refractivity contribution in [2.45, 2.75) is 48.9 Å². The minimum atomic E-state index is -2.36.